The quantitative estimate of drug-likeness (QED) is 0.436. The Morgan fingerprint density at radius 1 is 0.875 bits per heavy atom. The third kappa shape index (κ3) is 8.19. The van der Waals surface area contributed by atoms with E-state index in [1.165, 1.54) is 51.4 Å². The van der Waals surface area contributed by atoms with Crippen molar-refractivity contribution in [2.45, 2.75) is 79.1 Å². The van der Waals surface area contributed by atoms with Crippen LogP contribution in [0.1, 0.15) is 79.1 Å². The molecule has 0 saturated carbocycles. The van der Waals surface area contributed by atoms with Crippen LogP contribution in [0.5, 0.6) is 0 Å². The van der Waals surface area contributed by atoms with Gasteiger partial charge in [-0.05, 0) is 24.2 Å². The average molecular weight is 225 g/mol. The molecule has 0 aliphatic heterocycles. The summed E-state index contributed by atoms with van der Waals surface area (Å²) in [5.41, 5.74) is 0. The van der Waals surface area contributed by atoms with Gasteiger partial charge in [0.25, 0.3) is 0 Å². The maximum atomic E-state index is 4.11. The summed E-state index contributed by atoms with van der Waals surface area (Å²) in [6, 6.07) is 0. The summed E-state index contributed by atoms with van der Waals surface area (Å²) in [7, 11) is 0. The highest BCUT2D eigenvalue weighted by molar-refractivity contribution is 4.67. The van der Waals surface area contributed by atoms with Gasteiger partial charge in [0, 0.05) is 0 Å². The van der Waals surface area contributed by atoms with Crippen molar-refractivity contribution in [1.82, 2.24) is 0 Å². The summed E-state index contributed by atoms with van der Waals surface area (Å²) in [5.74, 6) is 2.56. The molecule has 0 aliphatic rings. The van der Waals surface area contributed by atoms with E-state index in [4.69, 9.17) is 0 Å². The van der Waals surface area contributed by atoms with Crippen molar-refractivity contribution < 1.29 is 0 Å². The molecule has 0 amide bonds. The van der Waals surface area contributed by atoms with E-state index in [2.05, 4.69) is 34.6 Å². The van der Waals surface area contributed by atoms with Crippen LogP contribution in [-0.4, -0.2) is 0 Å². The first-order valence-electron chi connectivity index (χ1n) is 7.46. The van der Waals surface area contributed by atoms with Crippen LogP contribution in [0.15, 0.2) is 0 Å². The minimum atomic E-state index is 0.630. The van der Waals surface area contributed by atoms with Gasteiger partial charge in [-0.3, -0.25) is 0 Å². The molecule has 0 saturated heterocycles. The van der Waals surface area contributed by atoms with E-state index >= 15 is 0 Å². The summed E-state index contributed by atoms with van der Waals surface area (Å²) in [5, 5.41) is 0. The second-order valence-electron chi connectivity index (χ2n) is 5.61. The number of rotatable bonds is 10. The Kier molecular flexibility index (Phi) is 10.2. The predicted molar refractivity (Wildman–Crippen MR) is 75.5 cm³/mol. The molecular formula is C16H33. The molecule has 0 fully saturated rings. The van der Waals surface area contributed by atoms with Crippen molar-refractivity contribution in [3.63, 3.8) is 0 Å². The maximum absolute atomic E-state index is 4.11. The fraction of sp³-hybridized carbons (Fsp3) is 0.938. The molecule has 0 aromatic rings. The molecule has 0 spiro atoms. The van der Waals surface area contributed by atoms with Gasteiger partial charge in [-0.15, -0.1) is 0 Å². The molecule has 0 heteroatoms. The Labute approximate surface area is 104 Å². The maximum Gasteiger partial charge on any atom is -0.0412 e. The second-order valence-corrected chi connectivity index (χ2v) is 5.61. The lowest BCUT2D eigenvalue weighted by Gasteiger charge is -2.22. The Morgan fingerprint density at radius 3 is 1.94 bits per heavy atom. The fourth-order valence-electron chi connectivity index (χ4n) is 2.49. The van der Waals surface area contributed by atoms with Gasteiger partial charge in [-0.1, -0.05) is 79.6 Å². The smallest absolute Gasteiger partial charge is 0.0412 e. The van der Waals surface area contributed by atoms with Crippen molar-refractivity contribution >= 4 is 0 Å². The van der Waals surface area contributed by atoms with Gasteiger partial charge in [-0.2, -0.15) is 0 Å². The Hall–Kier alpha value is 0. The van der Waals surface area contributed by atoms with Gasteiger partial charge in [0.1, 0.15) is 0 Å². The van der Waals surface area contributed by atoms with Crippen LogP contribution in [0.3, 0.4) is 0 Å². The summed E-state index contributed by atoms with van der Waals surface area (Å²) >= 11 is 0. The van der Waals surface area contributed by atoms with Crippen molar-refractivity contribution in [3.05, 3.63) is 6.92 Å². The van der Waals surface area contributed by atoms with E-state index in [1.54, 1.807) is 0 Å². The topological polar surface area (TPSA) is 0 Å². The fourth-order valence-corrected chi connectivity index (χ4v) is 2.49. The summed E-state index contributed by atoms with van der Waals surface area (Å²) < 4.78 is 0. The monoisotopic (exact) mass is 225 g/mol. The van der Waals surface area contributed by atoms with Crippen LogP contribution in [0, 0.1) is 24.7 Å². The zero-order chi connectivity index (χ0) is 12.4. The van der Waals surface area contributed by atoms with Gasteiger partial charge in [0.2, 0.25) is 0 Å². The Morgan fingerprint density at radius 2 is 1.50 bits per heavy atom. The van der Waals surface area contributed by atoms with E-state index in [0.29, 0.717) is 5.92 Å². The van der Waals surface area contributed by atoms with E-state index in [0.717, 1.165) is 11.8 Å². The molecule has 0 aromatic carbocycles. The van der Waals surface area contributed by atoms with E-state index < -0.39 is 0 Å². The van der Waals surface area contributed by atoms with Gasteiger partial charge in [0.15, 0.2) is 0 Å². The first kappa shape index (κ1) is 16.0. The molecule has 16 heavy (non-hydrogen) atoms. The van der Waals surface area contributed by atoms with Gasteiger partial charge in [0.05, 0.1) is 0 Å². The van der Waals surface area contributed by atoms with Gasteiger partial charge < -0.3 is 0 Å². The predicted octanol–water partition coefficient (Wildman–Crippen LogP) is 5.87. The molecule has 2 atom stereocenters. The summed E-state index contributed by atoms with van der Waals surface area (Å²) in [6.45, 7) is 13.3. The first-order valence-corrected chi connectivity index (χ1v) is 7.46. The molecule has 0 rings (SSSR count). The zero-order valence-electron chi connectivity index (χ0n) is 12.1. The Bertz CT molecular complexity index is 133. The first-order chi connectivity index (χ1) is 7.63. The largest absolute Gasteiger partial charge is 0.0654 e. The number of hydrogen-bond acceptors (Lipinski definition) is 0. The molecule has 0 aliphatic carbocycles. The lowest BCUT2D eigenvalue weighted by molar-refractivity contribution is 0.303. The van der Waals surface area contributed by atoms with Crippen molar-refractivity contribution in [1.29, 1.82) is 0 Å². The van der Waals surface area contributed by atoms with Crippen molar-refractivity contribution in [3.8, 4) is 0 Å². The summed E-state index contributed by atoms with van der Waals surface area (Å²) in [4.78, 5) is 0. The van der Waals surface area contributed by atoms with E-state index in [9.17, 15) is 0 Å². The molecule has 0 aromatic heterocycles. The van der Waals surface area contributed by atoms with Crippen LogP contribution in [0.25, 0.3) is 0 Å². The van der Waals surface area contributed by atoms with Crippen LogP contribution >= 0.6 is 0 Å². The highest BCUT2D eigenvalue weighted by Crippen LogP contribution is 2.27. The molecule has 0 bridgehead atoms. The standard InChI is InChI=1S/C16H33/c1-6-9-10-16(12-11-14(4)5)13-15(7-2)8-3/h14-16H,4,6-13H2,1-3,5H3. The molecule has 0 nitrogen and oxygen atoms in total. The third-order valence-electron chi connectivity index (χ3n) is 3.86. The molecule has 1 radical (unpaired) electrons. The number of unbranched alkanes of at least 4 members (excludes halogenated alkanes) is 1. The van der Waals surface area contributed by atoms with Crippen molar-refractivity contribution in [2.24, 2.45) is 17.8 Å². The molecule has 97 valence electrons. The molecule has 0 N–H and O–H groups in total. The minimum Gasteiger partial charge on any atom is -0.0654 e. The highest BCUT2D eigenvalue weighted by atomic mass is 14.2. The molecule has 2 unspecified atom stereocenters. The molecule has 0 heterocycles. The zero-order valence-corrected chi connectivity index (χ0v) is 12.1. The van der Waals surface area contributed by atoms with Crippen LogP contribution < -0.4 is 0 Å². The normalized spacial score (nSPS) is 13.7. The minimum absolute atomic E-state index is 0.630. The highest BCUT2D eigenvalue weighted by Gasteiger charge is 2.14. The van der Waals surface area contributed by atoms with E-state index in [1.807, 2.05) is 0 Å². The van der Waals surface area contributed by atoms with Gasteiger partial charge in [-0.25, -0.2) is 0 Å². The van der Waals surface area contributed by atoms with E-state index in [-0.39, 0.29) is 0 Å². The summed E-state index contributed by atoms with van der Waals surface area (Å²) in [6.07, 6.45) is 11.1. The SMILES string of the molecule is [CH2]C(C)CCC(CCCC)CC(CC)CC. The number of hydrogen-bond donors (Lipinski definition) is 0. The Balaban J connectivity index is 3.97. The van der Waals surface area contributed by atoms with Crippen molar-refractivity contribution in [2.75, 3.05) is 0 Å². The third-order valence-corrected chi connectivity index (χ3v) is 3.86. The van der Waals surface area contributed by atoms with Crippen LogP contribution in [0.4, 0.5) is 0 Å². The van der Waals surface area contributed by atoms with Gasteiger partial charge >= 0.3 is 0 Å². The average Bonchev–Trinajstić information content (AvgIpc) is 2.28. The van der Waals surface area contributed by atoms with Crippen LogP contribution in [0.2, 0.25) is 0 Å². The lowest BCUT2D eigenvalue weighted by Crippen LogP contribution is -2.09. The molecular weight excluding hydrogens is 192 g/mol. The van der Waals surface area contributed by atoms with Crippen LogP contribution in [-0.2, 0) is 0 Å². The second kappa shape index (κ2) is 10.2. The lowest BCUT2D eigenvalue weighted by atomic mass is 9.84.